The molecular formula is C15H14BrN3OS. The van der Waals surface area contributed by atoms with Crippen molar-refractivity contribution in [3.8, 4) is 5.75 Å². The summed E-state index contributed by atoms with van der Waals surface area (Å²) in [4.78, 5) is 9.91. The van der Waals surface area contributed by atoms with Crippen LogP contribution >= 0.6 is 27.3 Å². The second-order valence-corrected chi connectivity index (χ2v) is 6.52. The van der Waals surface area contributed by atoms with Gasteiger partial charge in [-0.15, -0.1) is 11.3 Å². The van der Waals surface area contributed by atoms with Crippen molar-refractivity contribution >= 4 is 43.9 Å². The molecule has 0 spiro atoms. The van der Waals surface area contributed by atoms with E-state index in [1.54, 1.807) is 17.5 Å². The highest BCUT2D eigenvalue weighted by Crippen LogP contribution is 2.30. The van der Waals surface area contributed by atoms with E-state index in [1.165, 1.54) is 4.88 Å². The number of rotatable bonds is 4. The molecule has 0 amide bonds. The van der Waals surface area contributed by atoms with Crippen LogP contribution in [0.15, 0.2) is 34.4 Å². The van der Waals surface area contributed by atoms with Crippen LogP contribution in [0.5, 0.6) is 5.75 Å². The Kier molecular flexibility index (Phi) is 4.07. The zero-order valence-corrected chi connectivity index (χ0v) is 13.9. The van der Waals surface area contributed by atoms with Crippen LogP contribution in [-0.4, -0.2) is 16.6 Å². The number of hydrogen-bond acceptors (Lipinski definition) is 5. The third-order valence-electron chi connectivity index (χ3n) is 3.24. The molecule has 0 atom stereocenters. The first-order chi connectivity index (χ1) is 10.1. The number of aryl methyl sites for hydroxylation is 1. The Morgan fingerprint density at radius 1 is 1.33 bits per heavy atom. The van der Waals surface area contributed by atoms with Crippen molar-refractivity contribution in [1.82, 2.24) is 9.97 Å². The maximum absolute atomic E-state index is 6.00. The first-order valence-electron chi connectivity index (χ1n) is 6.50. The molecule has 1 aromatic carbocycles. The molecule has 0 saturated carbocycles. The van der Waals surface area contributed by atoms with Crippen molar-refractivity contribution in [3.63, 3.8) is 0 Å². The van der Waals surface area contributed by atoms with E-state index in [1.807, 2.05) is 30.6 Å². The second-order valence-electron chi connectivity index (χ2n) is 4.66. The molecule has 0 radical (unpaired) electrons. The van der Waals surface area contributed by atoms with E-state index in [0.717, 1.165) is 33.2 Å². The Morgan fingerprint density at radius 3 is 2.95 bits per heavy atom. The zero-order chi connectivity index (χ0) is 14.8. The number of thiazole rings is 1. The average Bonchev–Trinajstić information content (AvgIpc) is 2.87. The number of aromatic nitrogens is 2. The number of nitrogen functional groups attached to an aromatic ring is 1. The van der Waals surface area contributed by atoms with Gasteiger partial charge < -0.3 is 10.5 Å². The Balaban J connectivity index is 1.81. The predicted molar refractivity (Wildman–Crippen MR) is 89.9 cm³/mol. The fourth-order valence-corrected chi connectivity index (χ4v) is 3.22. The van der Waals surface area contributed by atoms with Gasteiger partial charge in [-0.3, -0.25) is 4.98 Å². The van der Waals surface area contributed by atoms with Gasteiger partial charge in [0.25, 0.3) is 0 Å². The monoisotopic (exact) mass is 363 g/mol. The van der Waals surface area contributed by atoms with Gasteiger partial charge in [0.05, 0.1) is 17.8 Å². The quantitative estimate of drug-likeness (QED) is 0.712. The molecule has 0 aliphatic heterocycles. The number of hydrogen-bond donors (Lipinski definition) is 1. The summed E-state index contributed by atoms with van der Waals surface area (Å²) in [6.45, 7) is 2.61. The van der Waals surface area contributed by atoms with Crippen LogP contribution in [0, 0.1) is 6.92 Å². The third-order valence-corrected chi connectivity index (χ3v) is 4.67. The molecule has 4 nitrogen and oxygen atoms in total. The molecule has 0 saturated heterocycles. The standard InChI is InChI=1S/C15H14BrN3OS/c1-9-14(21-8-19-9)4-5-20-13-3-2-12(17)11-6-10(16)7-18-15(11)13/h2-3,6-8H,4-5,17H2,1H3. The maximum atomic E-state index is 6.00. The zero-order valence-electron chi connectivity index (χ0n) is 11.5. The van der Waals surface area contributed by atoms with Gasteiger partial charge in [0.2, 0.25) is 0 Å². The summed E-state index contributed by atoms with van der Waals surface area (Å²) >= 11 is 5.07. The Labute approximate surface area is 135 Å². The van der Waals surface area contributed by atoms with Crippen LogP contribution in [0.25, 0.3) is 10.9 Å². The molecule has 0 bridgehead atoms. The first-order valence-corrected chi connectivity index (χ1v) is 8.18. The molecule has 2 heterocycles. The van der Waals surface area contributed by atoms with E-state index in [4.69, 9.17) is 10.5 Å². The van der Waals surface area contributed by atoms with E-state index >= 15 is 0 Å². The molecule has 21 heavy (non-hydrogen) atoms. The lowest BCUT2D eigenvalue weighted by atomic mass is 10.1. The van der Waals surface area contributed by atoms with Crippen LogP contribution < -0.4 is 10.5 Å². The summed E-state index contributed by atoms with van der Waals surface area (Å²) in [5, 5.41) is 0.899. The molecule has 0 aliphatic carbocycles. The second kappa shape index (κ2) is 5.99. The molecule has 0 unspecified atom stereocenters. The topological polar surface area (TPSA) is 61.0 Å². The van der Waals surface area contributed by atoms with Crippen molar-refractivity contribution in [2.24, 2.45) is 0 Å². The molecule has 108 valence electrons. The molecule has 2 N–H and O–H groups in total. The smallest absolute Gasteiger partial charge is 0.145 e. The van der Waals surface area contributed by atoms with Gasteiger partial charge in [-0.2, -0.15) is 0 Å². The highest BCUT2D eigenvalue weighted by atomic mass is 79.9. The lowest BCUT2D eigenvalue weighted by molar-refractivity contribution is 0.326. The van der Waals surface area contributed by atoms with E-state index in [-0.39, 0.29) is 0 Å². The van der Waals surface area contributed by atoms with Gasteiger partial charge in [-0.1, -0.05) is 0 Å². The van der Waals surface area contributed by atoms with Crippen LogP contribution in [0.2, 0.25) is 0 Å². The van der Waals surface area contributed by atoms with Crippen molar-refractivity contribution in [3.05, 3.63) is 45.0 Å². The molecule has 2 aromatic heterocycles. The van der Waals surface area contributed by atoms with Crippen LogP contribution in [-0.2, 0) is 6.42 Å². The summed E-state index contributed by atoms with van der Waals surface area (Å²) < 4.78 is 6.79. The normalized spacial score (nSPS) is 11.0. The molecule has 0 aliphatic rings. The predicted octanol–water partition coefficient (Wildman–Crippen LogP) is 3.97. The van der Waals surface area contributed by atoms with E-state index in [9.17, 15) is 0 Å². The number of anilines is 1. The number of benzene rings is 1. The van der Waals surface area contributed by atoms with Crippen LogP contribution in [0.1, 0.15) is 10.6 Å². The lowest BCUT2D eigenvalue weighted by Gasteiger charge is -2.10. The summed E-state index contributed by atoms with van der Waals surface area (Å²) in [6, 6.07) is 5.68. The maximum Gasteiger partial charge on any atom is 0.145 e. The van der Waals surface area contributed by atoms with E-state index < -0.39 is 0 Å². The molecule has 0 fully saturated rings. The van der Waals surface area contributed by atoms with E-state index in [2.05, 4.69) is 25.9 Å². The van der Waals surface area contributed by atoms with Crippen molar-refractivity contribution in [2.75, 3.05) is 12.3 Å². The lowest BCUT2D eigenvalue weighted by Crippen LogP contribution is -2.02. The number of fused-ring (bicyclic) bond motifs is 1. The largest absolute Gasteiger partial charge is 0.491 e. The SMILES string of the molecule is Cc1ncsc1CCOc1ccc(N)c2cc(Br)cnc12. The molecule has 3 rings (SSSR count). The number of nitrogens with zero attached hydrogens (tertiary/aromatic N) is 2. The summed E-state index contributed by atoms with van der Waals surface area (Å²) in [7, 11) is 0. The first kappa shape index (κ1) is 14.3. The third kappa shape index (κ3) is 3.01. The van der Waals surface area contributed by atoms with Crippen LogP contribution in [0.3, 0.4) is 0 Å². The van der Waals surface area contributed by atoms with Gasteiger partial charge in [-0.25, -0.2) is 4.98 Å². The van der Waals surface area contributed by atoms with Crippen molar-refractivity contribution in [1.29, 1.82) is 0 Å². The highest BCUT2D eigenvalue weighted by molar-refractivity contribution is 9.10. The Hall–Kier alpha value is -1.66. The number of ether oxygens (including phenoxy) is 1. The highest BCUT2D eigenvalue weighted by Gasteiger charge is 2.08. The molecular weight excluding hydrogens is 350 g/mol. The summed E-state index contributed by atoms with van der Waals surface area (Å²) in [5.74, 6) is 0.758. The fraction of sp³-hybridized carbons (Fsp3) is 0.200. The van der Waals surface area contributed by atoms with Gasteiger partial charge in [0.1, 0.15) is 11.3 Å². The number of halogens is 1. The van der Waals surface area contributed by atoms with Gasteiger partial charge in [0, 0.05) is 33.0 Å². The minimum Gasteiger partial charge on any atom is -0.491 e. The minimum atomic E-state index is 0.597. The average molecular weight is 364 g/mol. The van der Waals surface area contributed by atoms with Gasteiger partial charge >= 0.3 is 0 Å². The van der Waals surface area contributed by atoms with Crippen molar-refractivity contribution < 1.29 is 4.74 Å². The van der Waals surface area contributed by atoms with E-state index in [0.29, 0.717) is 12.3 Å². The van der Waals surface area contributed by atoms with Crippen LogP contribution in [0.4, 0.5) is 5.69 Å². The number of pyridine rings is 1. The van der Waals surface area contributed by atoms with Crippen molar-refractivity contribution in [2.45, 2.75) is 13.3 Å². The summed E-state index contributed by atoms with van der Waals surface area (Å²) in [5.41, 5.74) is 10.4. The fourth-order valence-electron chi connectivity index (χ4n) is 2.13. The Morgan fingerprint density at radius 2 is 2.19 bits per heavy atom. The van der Waals surface area contributed by atoms with Gasteiger partial charge in [0.15, 0.2) is 0 Å². The minimum absolute atomic E-state index is 0.597. The van der Waals surface area contributed by atoms with Gasteiger partial charge in [-0.05, 0) is 41.1 Å². The number of nitrogens with two attached hydrogens (primary N) is 1. The summed E-state index contributed by atoms with van der Waals surface area (Å²) in [6.07, 6.45) is 2.60. The molecule has 3 aromatic rings. The Bertz CT molecular complexity index is 788. The molecule has 6 heteroatoms.